The maximum Gasteiger partial charge on any atom is 0.246 e. The first-order valence-corrected chi connectivity index (χ1v) is 5.23. The van der Waals surface area contributed by atoms with Gasteiger partial charge < -0.3 is 4.90 Å². The van der Waals surface area contributed by atoms with Gasteiger partial charge in [0.05, 0.1) is 0 Å². The molecule has 1 saturated heterocycles. The number of piperazine rings is 1. The van der Waals surface area contributed by atoms with Crippen LogP contribution in [-0.4, -0.2) is 47.4 Å². The molecule has 3 heteroatoms. The molecule has 1 rings (SSSR count). The molecule has 1 aliphatic rings. The van der Waals surface area contributed by atoms with Gasteiger partial charge in [-0.05, 0) is 26.8 Å². The Bertz CT molecular complexity index is 225. The van der Waals surface area contributed by atoms with Gasteiger partial charge in [-0.2, -0.15) is 0 Å². The van der Waals surface area contributed by atoms with E-state index in [0.717, 1.165) is 19.6 Å². The van der Waals surface area contributed by atoms with E-state index < -0.39 is 0 Å². The molecule has 3 nitrogen and oxygen atoms in total. The number of rotatable bonds is 2. The minimum Gasteiger partial charge on any atom is -0.336 e. The monoisotopic (exact) mass is 196 g/mol. The molecule has 0 N–H and O–H groups in total. The Morgan fingerprint density at radius 1 is 1.50 bits per heavy atom. The average Bonchev–Trinajstić information content (AvgIpc) is 2.15. The fraction of sp³-hybridized carbons (Fsp3) is 0.727. The van der Waals surface area contributed by atoms with Crippen molar-refractivity contribution in [1.82, 2.24) is 9.80 Å². The zero-order valence-corrected chi connectivity index (χ0v) is 9.36. The van der Waals surface area contributed by atoms with Crippen LogP contribution in [0.1, 0.15) is 20.8 Å². The predicted octanol–water partition coefficient (Wildman–Crippen LogP) is 1.11. The molecule has 1 heterocycles. The molecule has 0 aromatic rings. The van der Waals surface area contributed by atoms with E-state index in [1.54, 1.807) is 0 Å². The standard InChI is InChI=1S/C11H20N2O/c1-5-11(14)12-6-7-13(9(2)3)10(4)8-12/h5,9-10H,1,6-8H2,2-4H3/t10-/m0/s1. The van der Waals surface area contributed by atoms with Gasteiger partial charge in [0.25, 0.3) is 0 Å². The van der Waals surface area contributed by atoms with E-state index in [9.17, 15) is 4.79 Å². The van der Waals surface area contributed by atoms with Crippen LogP contribution in [0.5, 0.6) is 0 Å². The van der Waals surface area contributed by atoms with Crippen molar-refractivity contribution >= 4 is 5.91 Å². The number of hydrogen-bond acceptors (Lipinski definition) is 2. The van der Waals surface area contributed by atoms with Gasteiger partial charge in [0.1, 0.15) is 0 Å². The van der Waals surface area contributed by atoms with E-state index in [0.29, 0.717) is 12.1 Å². The Kier molecular flexibility index (Phi) is 3.69. The minimum absolute atomic E-state index is 0.0558. The molecular formula is C11H20N2O. The van der Waals surface area contributed by atoms with E-state index in [1.807, 2.05) is 4.90 Å². The van der Waals surface area contributed by atoms with E-state index in [1.165, 1.54) is 6.08 Å². The van der Waals surface area contributed by atoms with Gasteiger partial charge in [0, 0.05) is 31.7 Å². The summed E-state index contributed by atoms with van der Waals surface area (Å²) in [6, 6.07) is 1.01. The van der Waals surface area contributed by atoms with Crippen molar-refractivity contribution in [1.29, 1.82) is 0 Å². The second-order valence-corrected chi connectivity index (χ2v) is 4.17. The number of carbonyl (C=O) groups is 1. The van der Waals surface area contributed by atoms with E-state index >= 15 is 0 Å². The number of carbonyl (C=O) groups excluding carboxylic acids is 1. The van der Waals surface area contributed by atoms with Crippen molar-refractivity contribution in [2.75, 3.05) is 19.6 Å². The van der Waals surface area contributed by atoms with Crippen molar-refractivity contribution in [2.45, 2.75) is 32.9 Å². The highest BCUT2D eigenvalue weighted by Crippen LogP contribution is 2.12. The molecule has 0 aliphatic carbocycles. The third-order valence-electron chi connectivity index (χ3n) is 2.83. The maximum atomic E-state index is 11.4. The van der Waals surface area contributed by atoms with Crippen molar-refractivity contribution in [3.05, 3.63) is 12.7 Å². The highest BCUT2D eigenvalue weighted by atomic mass is 16.2. The molecule has 0 aromatic carbocycles. The first-order chi connectivity index (χ1) is 6.56. The molecule has 1 atom stereocenters. The van der Waals surface area contributed by atoms with Crippen LogP contribution in [-0.2, 0) is 4.79 Å². The largest absolute Gasteiger partial charge is 0.336 e. The van der Waals surface area contributed by atoms with Crippen LogP contribution in [0, 0.1) is 0 Å². The Balaban J connectivity index is 2.54. The lowest BCUT2D eigenvalue weighted by Crippen LogP contribution is -2.55. The zero-order valence-electron chi connectivity index (χ0n) is 9.36. The van der Waals surface area contributed by atoms with E-state index in [4.69, 9.17) is 0 Å². The first kappa shape index (κ1) is 11.2. The molecule has 0 radical (unpaired) electrons. The van der Waals surface area contributed by atoms with Crippen LogP contribution in [0.15, 0.2) is 12.7 Å². The molecular weight excluding hydrogens is 176 g/mol. The van der Waals surface area contributed by atoms with Crippen LogP contribution >= 0.6 is 0 Å². The third-order valence-corrected chi connectivity index (χ3v) is 2.83. The van der Waals surface area contributed by atoms with Crippen molar-refractivity contribution in [3.8, 4) is 0 Å². The van der Waals surface area contributed by atoms with Crippen molar-refractivity contribution in [2.24, 2.45) is 0 Å². The molecule has 0 spiro atoms. The van der Waals surface area contributed by atoms with Crippen LogP contribution in [0.2, 0.25) is 0 Å². The molecule has 80 valence electrons. The van der Waals surface area contributed by atoms with Gasteiger partial charge in [-0.25, -0.2) is 0 Å². The summed E-state index contributed by atoms with van der Waals surface area (Å²) in [4.78, 5) is 15.7. The lowest BCUT2D eigenvalue weighted by atomic mass is 10.1. The first-order valence-electron chi connectivity index (χ1n) is 5.23. The van der Waals surface area contributed by atoms with E-state index in [2.05, 4.69) is 32.3 Å². The molecule has 1 amide bonds. The number of hydrogen-bond donors (Lipinski definition) is 0. The summed E-state index contributed by atoms with van der Waals surface area (Å²) < 4.78 is 0. The summed E-state index contributed by atoms with van der Waals surface area (Å²) in [6.07, 6.45) is 1.40. The Morgan fingerprint density at radius 2 is 2.14 bits per heavy atom. The molecule has 0 unspecified atom stereocenters. The summed E-state index contributed by atoms with van der Waals surface area (Å²) in [6.45, 7) is 12.7. The minimum atomic E-state index is 0.0558. The summed E-state index contributed by atoms with van der Waals surface area (Å²) >= 11 is 0. The summed E-state index contributed by atoms with van der Waals surface area (Å²) in [5.41, 5.74) is 0. The Hall–Kier alpha value is -0.830. The van der Waals surface area contributed by atoms with Crippen LogP contribution in [0.4, 0.5) is 0 Å². The lowest BCUT2D eigenvalue weighted by Gasteiger charge is -2.41. The lowest BCUT2D eigenvalue weighted by molar-refractivity contribution is -0.129. The van der Waals surface area contributed by atoms with Gasteiger partial charge >= 0.3 is 0 Å². The van der Waals surface area contributed by atoms with Gasteiger partial charge in [0.2, 0.25) is 5.91 Å². The average molecular weight is 196 g/mol. The van der Waals surface area contributed by atoms with Crippen LogP contribution in [0.25, 0.3) is 0 Å². The Labute approximate surface area is 86.4 Å². The molecule has 1 aliphatic heterocycles. The molecule has 0 saturated carbocycles. The number of nitrogens with zero attached hydrogens (tertiary/aromatic N) is 2. The molecule has 0 aromatic heterocycles. The van der Waals surface area contributed by atoms with Gasteiger partial charge in [-0.15, -0.1) is 0 Å². The topological polar surface area (TPSA) is 23.6 Å². The second-order valence-electron chi connectivity index (χ2n) is 4.17. The molecule has 0 bridgehead atoms. The highest BCUT2D eigenvalue weighted by molar-refractivity contribution is 5.87. The second kappa shape index (κ2) is 4.60. The van der Waals surface area contributed by atoms with E-state index in [-0.39, 0.29) is 5.91 Å². The van der Waals surface area contributed by atoms with Crippen molar-refractivity contribution < 1.29 is 4.79 Å². The smallest absolute Gasteiger partial charge is 0.246 e. The highest BCUT2D eigenvalue weighted by Gasteiger charge is 2.26. The molecule has 1 fully saturated rings. The van der Waals surface area contributed by atoms with Crippen molar-refractivity contribution in [3.63, 3.8) is 0 Å². The fourth-order valence-corrected chi connectivity index (χ4v) is 2.07. The zero-order chi connectivity index (χ0) is 10.7. The van der Waals surface area contributed by atoms with Gasteiger partial charge in [0.15, 0.2) is 0 Å². The SMILES string of the molecule is C=CC(=O)N1CCN(C(C)C)[C@@H](C)C1. The number of amides is 1. The Morgan fingerprint density at radius 3 is 2.57 bits per heavy atom. The quantitative estimate of drug-likeness (QED) is 0.618. The maximum absolute atomic E-state index is 11.4. The predicted molar refractivity (Wildman–Crippen MR) is 58.1 cm³/mol. The van der Waals surface area contributed by atoms with Gasteiger partial charge in [-0.1, -0.05) is 6.58 Å². The van der Waals surface area contributed by atoms with Crippen LogP contribution < -0.4 is 0 Å². The fourth-order valence-electron chi connectivity index (χ4n) is 2.07. The third kappa shape index (κ3) is 2.35. The normalized spacial score (nSPS) is 24.0. The molecule has 14 heavy (non-hydrogen) atoms. The summed E-state index contributed by atoms with van der Waals surface area (Å²) in [5, 5.41) is 0. The summed E-state index contributed by atoms with van der Waals surface area (Å²) in [7, 11) is 0. The van der Waals surface area contributed by atoms with Crippen LogP contribution in [0.3, 0.4) is 0 Å². The van der Waals surface area contributed by atoms with Gasteiger partial charge in [-0.3, -0.25) is 9.69 Å². The summed E-state index contributed by atoms with van der Waals surface area (Å²) in [5.74, 6) is 0.0558.